The van der Waals surface area contributed by atoms with Crippen molar-refractivity contribution >= 4 is 21.6 Å². The quantitative estimate of drug-likeness (QED) is 0.836. The topological polar surface area (TPSA) is 68.3 Å². The average Bonchev–Trinajstić information content (AvgIpc) is 2.27. The second-order valence-electron chi connectivity index (χ2n) is 4.18. The molecule has 2 rings (SSSR count). The van der Waals surface area contributed by atoms with Gasteiger partial charge in [0.05, 0.1) is 6.10 Å². The lowest BCUT2D eigenvalue weighted by molar-refractivity contribution is -0.00475. The first-order valence-corrected chi connectivity index (χ1v) is 7.63. The van der Waals surface area contributed by atoms with Gasteiger partial charge in [0.2, 0.25) is 10.0 Å². The van der Waals surface area contributed by atoms with Crippen LogP contribution in [0.25, 0.3) is 0 Å². The highest BCUT2D eigenvalue weighted by atomic mass is 35.5. The van der Waals surface area contributed by atoms with E-state index >= 15 is 0 Å². The van der Waals surface area contributed by atoms with Gasteiger partial charge in [-0.3, -0.25) is 0 Å². The molecule has 0 spiro atoms. The summed E-state index contributed by atoms with van der Waals surface area (Å²) in [5.41, 5.74) is 0. The van der Waals surface area contributed by atoms with Crippen LogP contribution in [0.5, 0.6) is 0 Å². The predicted molar refractivity (Wildman–Crippen MR) is 68.0 cm³/mol. The molecular formula is C11H15ClN2O3S. The average molecular weight is 291 g/mol. The number of hydrogen-bond donors (Lipinski definition) is 1. The van der Waals surface area contributed by atoms with Crippen molar-refractivity contribution in [2.45, 2.75) is 36.8 Å². The summed E-state index contributed by atoms with van der Waals surface area (Å²) in [4.78, 5) is 3.89. The maximum Gasteiger partial charge on any atom is 0.242 e. The lowest BCUT2D eigenvalue weighted by Crippen LogP contribution is -2.47. The Bertz CT molecular complexity index is 498. The molecule has 0 unspecified atom stereocenters. The monoisotopic (exact) mass is 290 g/mol. The summed E-state index contributed by atoms with van der Waals surface area (Å²) in [5, 5.41) is 0.272. The first kappa shape index (κ1) is 13.7. The molecule has 1 aliphatic carbocycles. The Hall–Kier alpha value is -0.690. The molecule has 1 heterocycles. The predicted octanol–water partition coefficient (Wildman–Crippen LogP) is 1.58. The lowest BCUT2D eigenvalue weighted by Gasteiger charge is -2.34. The molecule has 1 aromatic heterocycles. The summed E-state index contributed by atoms with van der Waals surface area (Å²) in [6, 6.07) is 2.85. The molecule has 1 N–H and O–H groups in total. The molecule has 1 aliphatic rings. The van der Waals surface area contributed by atoms with Gasteiger partial charge in [-0.1, -0.05) is 11.6 Å². The molecule has 0 bridgehead atoms. The zero-order chi connectivity index (χ0) is 13.2. The molecule has 0 saturated heterocycles. The fourth-order valence-electron chi connectivity index (χ4n) is 1.84. The van der Waals surface area contributed by atoms with Crippen molar-refractivity contribution in [1.29, 1.82) is 0 Å². The van der Waals surface area contributed by atoms with Crippen molar-refractivity contribution in [2.75, 3.05) is 6.61 Å². The third-order valence-electron chi connectivity index (χ3n) is 2.83. The van der Waals surface area contributed by atoms with Gasteiger partial charge in [0.25, 0.3) is 0 Å². The van der Waals surface area contributed by atoms with Crippen LogP contribution in [-0.4, -0.2) is 32.2 Å². The molecule has 100 valence electrons. The number of hydrogen-bond acceptors (Lipinski definition) is 4. The molecule has 0 aliphatic heterocycles. The van der Waals surface area contributed by atoms with Crippen molar-refractivity contribution < 1.29 is 13.2 Å². The van der Waals surface area contributed by atoms with Crippen LogP contribution >= 0.6 is 11.6 Å². The summed E-state index contributed by atoms with van der Waals surface area (Å²) < 4.78 is 32.0. The Kier molecular flexibility index (Phi) is 4.21. The molecule has 1 aromatic rings. The SMILES string of the molecule is CCOC1CC(NS(=O)(=O)c2ccc(Cl)nc2)C1. The fraction of sp³-hybridized carbons (Fsp3) is 0.545. The normalized spacial score (nSPS) is 23.7. The van der Waals surface area contributed by atoms with E-state index in [-0.39, 0.29) is 22.2 Å². The van der Waals surface area contributed by atoms with Gasteiger partial charge in [-0.05, 0) is 31.9 Å². The zero-order valence-corrected chi connectivity index (χ0v) is 11.5. The largest absolute Gasteiger partial charge is 0.378 e. The molecule has 1 saturated carbocycles. The lowest BCUT2D eigenvalue weighted by atomic mass is 9.90. The number of rotatable bonds is 5. The zero-order valence-electron chi connectivity index (χ0n) is 9.97. The smallest absolute Gasteiger partial charge is 0.242 e. The van der Waals surface area contributed by atoms with Crippen LogP contribution in [0, 0.1) is 0 Å². The number of ether oxygens (including phenoxy) is 1. The van der Waals surface area contributed by atoms with Gasteiger partial charge >= 0.3 is 0 Å². The standard InChI is InChI=1S/C11H15ClN2O3S/c1-2-17-9-5-8(6-9)14-18(15,16)10-3-4-11(12)13-7-10/h3-4,7-9,14H,2,5-6H2,1H3. The molecule has 0 aromatic carbocycles. The second kappa shape index (κ2) is 5.52. The van der Waals surface area contributed by atoms with Crippen molar-refractivity contribution in [1.82, 2.24) is 9.71 Å². The molecule has 0 amide bonds. The fourth-order valence-corrected chi connectivity index (χ4v) is 3.16. The van der Waals surface area contributed by atoms with Crippen LogP contribution in [0.3, 0.4) is 0 Å². The van der Waals surface area contributed by atoms with E-state index in [1.165, 1.54) is 18.3 Å². The van der Waals surface area contributed by atoms with E-state index < -0.39 is 10.0 Å². The van der Waals surface area contributed by atoms with Gasteiger partial charge in [-0.15, -0.1) is 0 Å². The summed E-state index contributed by atoms with van der Waals surface area (Å²) in [6.07, 6.45) is 2.86. The van der Waals surface area contributed by atoms with Crippen LogP contribution < -0.4 is 4.72 Å². The van der Waals surface area contributed by atoms with Crippen LogP contribution in [-0.2, 0) is 14.8 Å². The number of pyridine rings is 1. The maximum atomic E-state index is 12.0. The summed E-state index contributed by atoms with van der Waals surface area (Å²) in [6.45, 7) is 2.59. The van der Waals surface area contributed by atoms with E-state index in [0.29, 0.717) is 19.4 Å². The Labute approximate surface area is 112 Å². The third kappa shape index (κ3) is 3.20. The van der Waals surface area contributed by atoms with Gasteiger partial charge in [0, 0.05) is 18.8 Å². The first-order chi connectivity index (χ1) is 8.51. The van der Waals surface area contributed by atoms with Crippen LogP contribution in [0.2, 0.25) is 5.15 Å². The summed E-state index contributed by atoms with van der Waals surface area (Å²) >= 11 is 5.62. The second-order valence-corrected chi connectivity index (χ2v) is 6.28. The molecule has 0 atom stereocenters. The Morgan fingerprint density at radius 2 is 2.22 bits per heavy atom. The Morgan fingerprint density at radius 3 is 2.78 bits per heavy atom. The molecule has 5 nitrogen and oxygen atoms in total. The van der Waals surface area contributed by atoms with Crippen molar-refractivity contribution in [3.63, 3.8) is 0 Å². The summed E-state index contributed by atoms with van der Waals surface area (Å²) in [5.74, 6) is 0. The van der Waals surface area contributed by atoms with Crippen LogP contribution in [0.15, 0.2) is 23.2 Å². The highest BCUT2D eigenvalue weighted by molar-refractivity contribution is 7.89. The van der Waals surface area contributed by atoms with Crippen LogP contribution in [0.1, 0.15) is 19.8 Å². The number of aromatic nitrogens is 1. The minimum absolute atomic E-state index is 0.0535. The van der Waals surface area contributed by atoms with E-state index in [1.54, 1.807) is 0 Å². The van der Waals surface area contributed by atoms with Gasteiger partial charge in [-0.25, -0.2) is 18.1 Å². The van der Waals surface area contributed by atoms with Gasteiger partial charge in [-0.2, -0.15) is 0 Å². The third-order valence-corrected chi connectivity index (χ3v) is 4.56. The van der Waals surface area contributed by atoms with E-state index in [9.17, 15) is 8.42 Å². The molecular weight excluding hydrogens is 276 g/mol. The Morgan fingerprint density at radius 1 is 1.50 bits per heavy atom. The number of nitrogens with zero attached hydrogens (tertiary/aromatic N) is 1. The van der Waals surface area contributed by atoms with E-state index in [1.807, 2.05) is 6.92 Å². The molecule has 7 heteroatoms. The highest BCUT2D eigenvalue weighted by Gasteiger charge is 2.33. The highest BCUT2D eigenvalue weighted by Crippen LogP contribution is 2.25. The maximum absolute atomic E-state index is 12.0. The molecule has 0 radical (unpaired) electrons. The van der Waals surface area contributed by atoms with Crippen molar-refractivity contribution in [2.24, 2.45) is 0 Å². The number of nitrogens with one attached hydrogen (secondary N) is 1. The number of sulfonamides is 1. The molecule has 18 heavy (non-hydrogen) atoms. The van der Waals surface area contributed by atoms with Crippen molar-refractivity contribution in [3.8, 4) is 0 Å². The summed E-state index contributed by atoms with van der Waals surface area (Å²) in [7, 11) is -3.50. The van der Waals surface area contributed by atoms with E-state index in [2.05, 4.69) is 9.71 Å². The van der Waals surface area contributed by atoms with Gasteiger partial charge < -0.3 is 4.74 Å². The van der Waals surface area contributed by atoms with Gasteiger partial charge in [0.1, 0.15) is 10.0 Å². The van der Waals surface area contributed by atoms with E-state index in [4.69, 9.17) is 16.3 Å². The van der Waals surface area contributed by atoms with Crippen LogP contribution in [0.4, 0.5) is 0 Å². The Balaban J connectivity index is 1.95. The van der Waals surface area contributed by atoms with Crippen molar-refractivity contribution in [3.05, 3.63) is 23.5 Å². The first-order valence-electron chi connectivity index (χ1n) is 5.76. The molecule has 1 fully saturated rings. The van der Waals surface area contributed by atoms with E-state index in [0.717, 1.165) is 0 Å². The number of halogens is 1. The minimum atomic E-state index is -3.50. The van der Waals surface area contributed by atoms with Gasteiger partial charge in [0.15, 0.2) is 0 Å². The minimum Gasteiger partial charge on any atom is -0.378 e.